The standard InChI is InChI=1S/C42H38S4/c1-29(2)43-39-21-13-35(14-22-39)31-5-9-33(10-6-31)37-17-25-41(26-18-37)45-46-42-27-19-38(20-28-42)34-11-7-32(8-12-34)36-15-23-40(24-16-36)44-30(3)4/h5-30H,1-4H3. The van der Waals surface area contributed by atoms with Crippen LogP contribution >= 0.6 is 45.1 Å². The largest absolute Gasteiger partial charge is 0.123 e. The van der Waals surface area contributed by atoms with Crippen LogP contribution in [0.3, 0.4) is 0 Å². The van der Waals surface area contributed by atoms with E-state index in [4.69, 9.17) is 0 Å². The maximum Gasteiger partial charge on any atom is 0.0186 e. The average Bonchev–Trinajstić information content (AvgIpc) is 3.08. The van der Waals surface area contributed by atoms with E-state index < -0.39 is 0 Å². The summed E-state index contributed by atoms with van der Waals surface area (Å²) in [6.45, 7) is 8.92. The van der Waals surface area contributed by atoms with Crippen LogP contribution in [0.4, 0.5) is 0 Å². The Labute approximate surface area is 291 Å². The Morgan fingerprint density at radius 2 is 0.435 bits per heavy atom. The van der Waals surface area contributed by atoms with Crippen LogP contribution in [-0.2, 0) is 0 Å². The molecule has 0 atom stereocenters. The van der Waals surface area contributed by atoms with Crippen molar-refractivity contribution < 1.29 is 0 Å². The lowest BCUT2D eigenvalue weighted by Gasteiger charge is -2.09. The quantitative estimate of drug-likeness (QED) is 0.0993. The number of hydrogen-bond acceptors (Lipinski definition) is 4. The average molecular weight is 671 g/mol. The van der Waals surface area contributed by atoms with E-state index in [0.717, 1.165) is 0 Å². The molecule has 4 heteroatoms. The van der Waals surface area contributed by atoms with Gasteiger partial charge >= 0.3 is 0 Å². The summed E-state index contributed by atoms with van der Waals surface area (Å²) in [6, 6.07) is 53.4. The van der Waals surface area contributed by atoms with Crippen molar-refractivity contribution >= 4 is 45.1 Å². The van der Waals surface area contributed by atoms with Gasteiger partial charge in [0, 0.05) is 30.1 Å². The topological polar surface area (TPSA) is 0 Å². The van der Waals surface area contributed by atoms with E-state index in [2.05, 4.69) is 173 Å². The zero-order valence-corrected chi connectivity index (χ0v) is 29.9. The lowest BCUT2D eigenvalue weighted by Crippen LogP contribution is -1.86. The molecular formula is C42H38S4. The van der Waals surface area contributed by atoms with Crippen LogP contribution in [0, 0.1) is 0 Å². The van der Waals surface area contributed by atoms with Gasteiger partial charge in [-0.05, 0) is 93.0 Å². The first-order valence-corrected chi connectivity index (χ1v) is 19.6. The van der Waals surface area contributed by atoms with E-state index >= 15 is 0 Å². The van der Waals surface area contributed by atoms with Crippen LogP contribution in [0.15, 0.2) is 165 Å². The van der Waals surface area contributed by atoms with Crippen LogP contribution < -0.4 is 0 Å². The van der Waals surface area contributed by atoms with Gasteiger partial charge in [0.1, 0.15) is 0 Å². The van der Waals surface area contributed by atoms with Crippen molar-refractivity contribution in [1.82, 2.24) is 0 Å². The van der Waals surface area contributed by atoms with Crippen LogP contribution in [-0.4, -0.2) is 10.5 Å². The predicted molar refractivity (Wildman–Crippen MR) is 208 cm³/mol. The van der Waals surface area contributed by atoms with Gasteiger partial charge in [0.15, 0.2) is 0 Å². The number of rotatable bonds is 11. The van der Waals surface area contributed by atoms with Gasteiger partial charge in [0.05, 0.1) is 0 Å². The first-order valence-electron chi connectivity index (χ1n) is 15.7. The van der Waals surface area contributed by atoms with Crippen molar-refractivity contribution in [3.8, 4) is 44.5 Å². The van der Waals surface area contributed by atoms with Gasteiger partial charge in [-0.3, -0.25) is 0 Å². The van der Waals surface area contributed by atoms with Crippen molar-refractivity contribution in [2.75, 3.05) is 0 Å². The monoisotopic (exact) mass is 670 g/mol. The molecule has 0 bridgehead atoms. The highest BCUT2D eigenvalue weighted by molar-refractivity contribution is 8.76. The Hall–Kier alpha value is -3.28. The molecule has 0 fully saturated rings. The molecule has 0 N–H and O–H groups in total. The smallest absolute Gasteiger partial charge is 0.0186 e. The van der Waals surface area contributed by atoms with Gasteiger partial charge in [-0.25, -0.2) is 0 Å². The molecule has 0 aromatic heterocycles. The van der Waals surface area contributed by atoms with Crippen molar-refractivity contribution in [1.29, 1.82) is 0 Å². The minimum absolute atomic E-state index is 0.596. The first-order chi connectivity index (χ1) is 22.4. The third-order valence-electron chi connectivity index (χ3n) is 7.50. The molecule has 6 rings (SSSR count). The van der Waals surface area contributed by atoms with Crippen molar-refractivity contribution in [2.45, 2.75) is 57.8 Å². The Morgan fingerprint density at radius 3 is 0.630 bits per heavy atom. The minimum Gasteiger partial charge on any atom is -0.123 e. The van der Waals surface area contributed by atoms with Crippen LogP contribution in [0.5, 0.6) is 0 Å². The minimum atomic E-state index is 0.596. The summed E-state index contributed by atoms with van der Waals surface area (Å²) in [6.07, 6.45) is 0. The third-order valence-corrected chi connectivity index (χ3v) is 11.9. The molecule has 0 aliphatic heterocycles. The Morgan fingerprint density at radius 1 is 0.261 bits per heavy atom. The molecule has 0 aliphatic rings. The summed E-state index contributed by atoms with van der Waals surface area (Å²) in [5.41, 5.74) is 9.96. The zero-order chi connectivity index (χ0) is 31.9. The summed E-state index contributed by atoms with van der Waals surface area (Å²) < 4.78 is 0. The molecule has 0 saturated heterocycles. The highest BCUT2D eigenvalue weighted by Crippen LogP contribution is 2.39. The van der Waals surface area contributed by atoms with Gasteiger partial charge in [-0.1, -0.05) is 146 Å². The van der Waals surface area contributed by atoms with Gasteiger partial charge in [0.2, 0.25) is 0 Å². The summed E-state index contributed by atoms with van der Waals surface area (Å²) in [5.74, 6) is 0. The lowest BCUT2D eigenvalue weighted by molar-refractivity contribution is 1.11. The highest BCUT2D eigenvalue weighted by Gasteiger charge is 2.06. The van der Waals surface area contributed by atoms with E-state index in [0.29, 0.717) is 10.5 Å². The van der Waals surface area contributed by atoms with Crippen LogP contribution in [0.2, 0.25) is 0 Å². The maximum atomic E-state index is 2.23. The molecule has 230 valence electrons. The molecule has 0 radical (unpaired) electrons. The second-order valence-corrected chi connectivity index (χ2v) is 17.3. The van der Waals surface area contributed by atoms with Crippen LogP contribution in [0.25, 0.3) is 44.5 Å². The summed E-state index contributed by atoms with van der Waals surface area (Å²) in [7, 11) is 3.60. The molecule has 0 saturated carbocycles. The Kier molecular flexibility index (Phi) is 11.0. The highest BCUT2D eigenvalue weighted by atomic mass is 33.1. The van der Waals surface area contributed by atoms with Crippen LogP contribution in [0.1, 0.15) is 27.7 Å². The van der Waals surface area contributed by atoms with Crippen molar-refractivity contribution in [2.24, 2.45) is 0 Å². The van der Waals surface area contributed by atoms with Gasteiger partial charge in [0.25, 0.3) is 0 Å². The Balaban J connectivity index is 1.02. The third kappa shape index (κ3) is 8.74. The fourth-order valence-electron chi connectivity index (χ4n) is 5.21. The number of benzene rings is 6. The number of thioether (sulfide) groups is 2. The van der Waals surface area contributed by atoms with Crippen molar-refractivity contribution in [3.05, 3.63) is 146 Å². The molecule has 6 aromatic rings. The predicted octanol–water partition coefficient (Wildman–Crippen LogP) is 14.2. The molecule has 46 heavy (non-hydrogen) atoms. The molecule has 0 amide bonds. The zero-order valence-electron chi connectivity index (χ0n) is 26.6. The van der Waals surface area contributed by atoms with Gasteiger partial charge in [-0.15, -0.1) is 23.5 Å². The molecule has 0 heterocycles. The number of hydrogen-bond donors (Lipinski definition) is 0. The molecule has 0 unspecified atom stereocenters. The van der Waals surface area contributed by atoms with Gasteiger partial charge < -0.3 is 0 Å². The van der Waals surface area contributed by atoms with Crippen molar-refractivity contribution in [3.63, 3.8) is 0 Å². The van der Waals surface area contributed by atoms with Gasteiger partial charge in [-0.2, -0.15) is 0 Å². The van der Waals surface area contributed by atoms with E-state index in [1.807, 2.05) is 23.5 Å². The molecule has 0 nitrogen and oxygen atoms in total. The fourth-order valence-corrected chi connectivity index (χ4v) is 8.81. The molecule has 6 aromatic carbocycles. The SMILES string of the molecule is CC(C)Sc1ccc(-c2ccc(-c3ccc(SSc4ccc(-c5ccc(-c6ccc(SC(C)C)cc6)cc5)cc4)cc3)cc2)cc1. The van der Waals surface area contributed by atoms with E-state index in [-0.39, 0.29) is 0 Å². The molecular weight excluding hydrogens is 633 g/mol. The lowest BCUT2D eigenvalue weighted by atomic mass is 10.0. The second kappa shape index (κ2) is 15.5. The maximum absolute atomic E-state index is 2.23. The van der Waals surface area contributed by atoms with E-state index in [1.165, 1.54) is 64.1 Å². The van der Waals surface area contributed by atoms with E-state index in [9.17, 15) is 0 Å². The molecule has 0 aliphatic carbocycles. The second-order valence-electron chi connectivity index (χ2n) is 11.8. The summed E-state index contributed by atoms with van der Waals surface area (Å²) in [4.78, 5) is 5.15. The Bertz CT molecular complexity index is 1680. The fraction of sp³-hybridized carbons (Fsp3) is 0.143. The summed E-state index contributed by atoms with van der Waals surface area (Å²) in [5, 5.41) is 1.19. The molecule has 0 spiro atoms. The normalized spacial score (nSPS) is 11.3. The van der Waals surface area contributed by atoms with E-state index in [1.54, 1.807) is 21.6 Å². The summed E-state index contributed by atoms with van der Waals surface area (Å²) >= 11 is 3.80. The first kappa shape index (κ1) is 32.7.